The second-order valence-corrected chi connectivity index (χ2v) is 13.4. The van der Waals surface area contributed by atoms with Gasteiger partial charge >= 0.3 is 0 Å². The van der Waals surface area contributed by atoms with Crippen molar-refractivity contribution in [3.63, 3.8) is 0 Å². The minimum Gasteiger partial charge on any atom is -0.494 e. The summed E-state index contributed by atoms with van der Waals surface area (Å²) >= 11 is 14.7. The summed E-state index contributed by atoms with van der Waals surface area (Å²) in [6, 6.07) is 40.4. The molecule has 0 aliphatic carbocycles. The highest BCUT2D eigenvalue weighted by Crippen LogP contribution is 2.45. The van der Waals surface area contributed by atoms with Crippen LogP contribution in [0.1, 0.15) is 34.8 Å². The van der Waals surface area contributed by atoms with Crippen molar-refractivity contribution in [3.8, 4) is 5.75 Å². The number of amides is 1. The highest BCUT2D eigenvalue weighted by atomic mass is 35.5. The number of carbonyl (C=O) groups excluding carboxylic acids is 1. The average molecular weight is 713 g/mol. The van der Waals surface area contributed by atoms with Crippen molar-refractivity contribution in [2.75, 3.05) is 13.2 Å². The Bertz CT molecular complexity index is 1890. The van der Waals surface area contributed by atoms with Crippen LogP contribution < -0.4 is 15.6 Å². The number of aliphatic imine (C=N–C) groups is 1. The van der Waals surface area contributed by atoms with E-state index >= 15 is 0 Å². The van der Waals surface area contributed by atoms with Gasteiger partial charge in [0.25, 0.3) is 5.91 Å². The summed E-state index contributed by atoms with van der Waals surface area (Å²) in [5.74, 6) is 0.574. The molecule has 0 saturated carbocycles. The smallest absolute Gasteiger partial charge is 0.266 e. The molecule has 1 aliphatic heterocycles. The van der Waals surface area contributed by atoms with Crippen LogP contribution in [0.2, 0.25) is 10.0 Å². The van der Waals surface area contributed by atoms with Crippen LogP contribution in [0.15, 0.2) is 142 Å². The van der Waals surface area contributed by atoms with Crippen molar-refractivity contribution >= 4 is 46.8 Å². The van der Waals surface area contributed by atoms with Crippen LogP contribution in [0.25, 0.3) is 0 Å². The molecular formula is C39H35Cl2N3O4S. The zero-order valence-electron chi connectivity index (χ0n) is 26.5. The molecular weight excluding hydrogens is 677 g/mol. The van der Waals surface area contributed by atoms with Crippen molar-refractivity contribution in [2.24, 2.45) is 4.99 Å². The Labute approximate surface area is 300 Å². The van der Waals surface area contributed by atoms with E-state index in [1.807, 2.05) is 91.0 Å². The summed E-state index contributed by atoms with van der Waals surface area (Å²) in [6.45, 7) is 0.828. The number of benzene rings is 5. The lowest BCUT2D eigenvalue weighted by Crippen LogP contribution is -2.53. The van der Waals surface area contributed by atoms with Gasteiger partial charge < -0.3 is 14.6 Å². The van der Waals surface area contributed by atoms with Gasteiger partial charge in [-0.3, -0.25) is 10.2 Å². The van der Waals surface area contributed by atoms with E-state index in [1.165, 1.54) is 0 Å². The van der Waals surface area contributed by atoms with Gasteiger partial charge in [0, 0.05) is 57.0 Å². The molecule has 0 radical (unpaired) electrons. The molecule has 3 N–H and O–H groups in total. The van der Waals surface area contributed by atoms with Crippen LogP contribution in [0.5, 0.6) is 5.75 Å². The van der Waals surface area contributed by atoms with E-state index in [1.54, 1.807) is 30.0 Å². The Morgan fingerprint density at radius 1 is 0.898 bits per heavy atom. The van der Waals surface area contributed by atoms with Gasteiger partial charge in [0.15, 0.2) is 11.6 Å². The maximum absolute atomic E-state index is 14.6. The highest BCUT2D eigenvalue weighted by molar-refractivity contribution is 7.99. The fraction of sp³-hybridized carbons (Fsp3) is 0.179. The predicted octanol–water partition coefficient (Wildman–Crippen LogP) is 8.23. The third-order valence-electron chi connectivity index (χ3n) is 8.02. The first-order valence-electron chi connectivity index (χ1n) is 15.9. The van der Waals surface area contributed by atoms with Crippen molar-refractivity contribution in [1.29, 1.82) is 0 Å². The highest BCUT2D eigenvalue weighted by Gasteiger charge is 2.54. The molecule has 5 aromatic carbocycles. The molecule has 0 fully saturated rings. The fourth-order valence-corrected chi connectivity index (χ4v) is 7.05. The van der Waals surface area contributed by atoms with Gasteiger partial charge in [0.05, 0.1) is 6.61 Å². The number of hydrazine groups is 1. The van der Waals surface area contributed by atoms with Gasteiger partial charge in [-0.25, -0.2) is 10.4 Å². The van der Waals surface area contributed by atoms with Crippen LogP contribution in [-0.4, -0.2) is 35.7 Å². The molecule has 6 rings (SSSR count). The summed E-state index contributed by atoms with van der Waals surface area (Å²) in [5, 5.41) is 9.93. The topological polar surface area (TPSA) is 92.2 Å². The molecule has 0 spiro atoms. The number of aliphatic hydroxyl groups excluding tert-OH is 1. The molecule has 0 unspecified atom stereocenters. The summed E-state index contributed by atoms with van der Waals surface area (Å²) in [6.07, 6.45) is -0.114. The molecule has 5 aromatic rings. The number of aliphatic hydroxyl groups is 1. The fourth-order valence-electron chi connectivity index (χ4n) is 5.57. The number of rotatable bonds is 14. The van der Waals surface area contributed by atoms with Crippen LogP contribution in [-0.2, 0) is 22.5 Å². The van der Waals surface area contributed by atoms with Crippen molar-refractivity contribution in [3.05, 3.63) is 160 Å². The van der Waals surface area contributed by atoms with Crippen LogP contribution >= 0.6 is 35.0 Å². The molecule has 250 valence electrons. The van der Waals surface area contributed by atoms with E-state index in [0.717, 1.165) is 20.9 Å². The first kappa shape index (κ1) is 34.5. The van der Waals surface area contributed by atoms with Gasteiger partial charge in [0.1, 0.15) is 5.75 Å². The number of carbonyl (C=O) groups is 1. The number of nitrogens with one attached hydrogen (secondary N) is 2. The lowest BCUT2D eigenvalue weighted by Gasteiger charge is -2.31. The number of nitrogens with zero attached hydrogens (tertiary/aromatic N) is 1. The van der Waals surface area contributed by atoms with Gasteiger partial charge in [-0.1, -0.05) is 108 Å². The predicted molar refractivity (Wildman–Crippen MR) is 195 cm³/mol. The minimum absolute atomic E-state index is 0.0525. The molecule has 0 saturated heterocycles. The number of halogens is 2. The van der Waals surface area contributed by atoms with E-state index in [-0.39, 0.29) is 18.9 Å². The minimum atomic E-state index is -1.45. The SMILES string of the molecule is O=C(NNCc1ccccc1Sc1ccccc1)[C@@]1(Cc2ccccc2)N=C(c2ccc(OCCCO)cc2)O[C@H]1c1ccc(Cl)cc1Cl. The molecule has 0 aromatic heterocycles. The summed E-state index contributed by atoms with van der Waals surface area (Å²) in [4.78, 5) is 21.9. The lowest BCUT2D eigenvalue weighted by atomic mass is 9.82. The molecule has 0 bridgehead atoms. The first-order valence-corrected chi connectivity index (χ1v) is 17.5. The summed E-state index contributed by atoms with van der Waals surface area (Å²) in [7, 11) is 0. The Morgan fingerprint density at radius 3 is 2.35 bits per heavy atom. The Kier molecular flexibility index (Phi) is 11.6. The molecule has 2 atom stereocenters. The van der Waals surface area contributed by atoms with E-state index in [2.05, 4.69) is 29.1 Å². The van der Waals surface area contributed by atoms with Crippen molar-refractivity contribution in [2.45, 2.75) is 40.8 Å². The molecule has 1 aliphatic rings. The Hall–Kier alpha value is -4.31. The van der Waals surface area contributed by atoms with Crippen LogP contribution in [0.4, 0.5) is 0 Å². The maximum Gasteiger partial charge on any atom is 0.266 e. The van der Waals surface area contributed by atoms with Crippen molar-refractivity contribution < 1.29 is 19.4 Å². The molecule has 49 heavy (non-hydrogen) atoms. The normalized spacial score (nSPS) is 16.9. The number of hydrogen-bond donors (Lipinski definition) is 3. The third kappa shape index (κ3) is 8.47. The maximum atomic E-state index is 14.6. The molecule has 1 heterocycles. The number of ether oxygens (including phenoxy) is 2. The second-order valence-electron chi connectivity index (χ2n) is 11.4. The van der Waals surface area contributed by atoms with E-state index < -0.39 is 11.6 Å². The van der Waals surface area contributed by atoms with Crippen LogP contribution in [0, 0.1) is 0 Å². The Morgan fingerprint density at radius 2 is 1.61 bits per heavy atom. The molecule has 7 nitrogen and oxygen atoms in total. The van der Waals surface area contributed by atoms with Gasteiger partial charge in [-0.2, -0.15) is 0 Å². The molecule has 10 heteroatoms. The first-order chi connectivity index (χ1) is 23.9. The summed E-state index contributed by atoms with van der Waals surface area (Å²) < 4.78 is 12.3. The van der Waals surface area contributed by atoms with E-state index in [4.69, 9.17) is 42.8 Å². The second kappa shape index (κ2) is 16.4. The monoisotopic (exact) mass is 711 g/mol. The quantitative estimate of drug-likeness (QED) is 0.0794. The van der Waals surface area contributed by atoms with E-state index in [0.29, 0.717) is 52.4 Å². The largest absolute Gasteiger partial charge is 0.494 e. The Balaban J connectivity index is 1.33. The van der Waals surface area contributed by atoms with Crippen LogP contribution in [0.3, 0.4) is 0 Å². The van der Waals surface area contributed by atoms with Crippen molar-refractivity contribution in [1.82, 2.24) is 10.9 Å². The lowest BCUT2D eigenvalue weighted by molar-refractivity contribution is -0.130. The zero-order valence-corrected chi connectivity index (χ0v) is 28.8. The van der Waals surface area contributed by atoms with Gasteiger partial charge in [-0.15, -0.1) is 0 Å². The van der Waals surface area contributed by atoms with Gasteiger partial charge in [0.2, 0.25) is 5.90 Å². The molecule has 1 amide bonds. The average Bonchev–Trinajstić information content (AvgIpc) is 3.50. The third-order valence-corrected chi connectivity index (χ3v) is 9.70. The standard InChI is InChI=1S/C39H35Cl2N3O4S/c40-30-18-21-33(34(41)24-30)36-39(25-27-10-3-1-4-11-27,43-37(48-36)28-16-19-31(20-17-28)47-23-9-22-45)38(46)44-42-26-29-12-7-8-15-35(29)49-32-13-5-2-6-14-32/h1-8,10-21,24,36,42,45H,9,22-23,25-26H2,(H,44,46)/t36-,39-/m0/s1. The zero-order chi connectivity index (χ0) is 34.1. The van der Waals surface area contributed by atoms with E-state index in [9.17, 15) is 4.79 Å². The van der Waals surface area contributed by atoms with Gasteiger partial charge in [-0.05, 0) is 65.7 Å². The number of hydrogen-bond acceptors (Lipinski definition) is 7. The summed E-state index contributed by atoms with van der Waals surface area (Å²) in [5.41, 5.74) is 7.88.